The van der Waals surface area contributed by atoms with Gasteiger partial charge in [0, 0.05) is 12.1 Å². The molecule has 0 aromatic heterocycles. The van der Waals surface area contributed by atoms with Gasteiger partial charge < -0.3 is 4.74 Å². The highest BCUT2D eigenvalue weighted by Crippen LogP contribution is 2.24. The summed E-state index contributed by atoms with van der Waals surface area (Å²) in [5, 5.41) is 0. The summed E-state index contributed by atoms with van der Waals surface area (Å²) in [6, 6.07) is 13.1. The summed E-state index contributed by atoms with van der Waals surface area (Å²) < 4.78 is 32.4. The topological polar surface area (TPSA) is 55.4 Å². The quantitative estimate of drug-likeness (QED) is 0.890. The molecule has 2 rings (SSSR count). The van der Waals surface area contributed by atoms with Gasteiger partial charge in [-0.3, -0.25) is 0 Å². The third-order valence-corrected chi connectivity index (χ3v) is 4.76. The summed E-state index contributed by atoms with van der Waals surface area (Å²) in [7, 11) is -1.80. The molecule has 0 bridgehead atoms. The van der Waals surface area contributed by atoms with Crippen molar-refractivity contribution >= 4 is 10.0 Å². The van der Waals surface area contributed by atoms with Gasteiger partial charge in [-0.2, -0.15) is 0 Å². The largest absolute Gasteiger partial charge is 0.496 e. The molecule has 0 spiro atoms. The third-order valence-electron chi connectivity index (χ3n) is 3.46. The Balaban J connectivity index is 2.12. The van der Waals surface area contributed by atoms with Gasteiger partial charge in [0.15, 0.2) is 0 Å². The maximum atomic E-state index is 12.2. The number of hydrogen-bond donors (Lipinski definition) is 1. The summed E-state index contributed by atoms with van der Waals surface area (Å²) in [6.07, 6.45) is 0. The fraction of sp³-hybridized carbons (Fsp3) is 0.294. The number of nitrogens with one attached hydrogen (secondary N) is 1. The van der Waals surface area contributed by atoms with Crippen molar-refractivity contribution in [1.82, 2.24) is 4.72 Å². The first-order chi connectivity index (χ1) is 10.4. The number of methoxy groups -OCH3 is 1. The Morgan fingerprint density at radius 1 is 1.09 bits per heavy atom. The minimum Gasteiger partial charge on any atom is -0.496 e. The van der Waals surface area contributed by atoms with Crippen LogP contribution in [0.1, 0.15) is 22.3 Å². The number of aryl methyl sites for hydroxylation is 2. The van der Waals surface area contributed by atoms with E-state index in [-0.39, 0.29) is 12.3 Å². The van der Waals surface area contributed by atoms with Crippen LogP contribution in [-0.4, -0.2) is 15.5 Å². The molecule has 2 aromatic carbocycles. The average molecular weight is 319 g/mol. The molecule has 0 heterocycles. The van der Waals surface area contributed by atoms with E-state index >= 15 is 0 Å². The highest BCUT2D eigenvalue weighted by molar-refractivity contribution is 7.88. The standard InChI is InChI=1S/C17H21NO3S/c1-13-9-14(2)16(17(10-13)21-3)11-18-22(19,20)12-15-7-5-4-6-8-15/h4-10,18H,11-12H2,1-3H3. The first-order valence-corrected chi connectivity index (χ1v) is 8.72. The molecule has 118 valence electrons. The van der Waals surface area contributed by atoms with E-state index in [9.17, 15) is 8.42 Å². The van der Waals surface area contributed by atoms with Gasteiger partial charge in [0.25, 0.3) is 0 Å². The van der Waals surface area contributed by atoms with Crippen LogP contribution in [0.2, 0.25) is 0 Å². The molecular formula is C17H21NO3S. The molecule has 0 aliphatic heterocycles. The van der Waals surface area contributed by atoms with Crippen LogP contribution in [-0.2, 0) is 22.3 Å². The Kier molecular flexibility index (Phi) is 5.21. The monoisotopic (exact) mass is 319 g/mol. The Morgan fingerprint density at radius 2 is 1.77 bits per heavy atom. The molecule has 0 radical (unpaired) electrons. The third kappa shape index (κ3) is 4.32. The molecule has 0 saturated carbocycles. The van der Waals surface area contributed by atoms with Gasteiger partial charge in [-0.1, -0.05) is 36.4 Å². The van der Waals surface area contributed by atoms with E-state index in [1.807, 2.05) is 44.2 Å². The lowest BCUT2D eigenvalue weighted by atomic mass is 10.0. The Hall–Kier alpha value is -1.85. The molecule has 0 unspecified atom stereocenters. The Bertz CT molecular complexity index is 740. The average Bonchev–Trinajstić information content (AvgIpc) is 2.46. The van der Waals surface area contributed by atoms with E-state index in [1.165, 1.54) is 0 Å². The van der Waals surface area contributed by atoms with Crippen LogP contribution < -0.4 is 9.46 Å². The fourth-order valence-corrected chi connectivity index (χ4v) is 3.49. The van der Waals surface area contributed by atoms with E-state index in [0.717, 1.165) is 22.3 Å². The van der Waals surface area contributed by atoms with Crippen LogP contribution in [0, 0.1) is 13.8 Å². The van der Waals surface area contributed by atoms with Gasteiger partial charge in [0.1, 0.15) is 5.75 Å². The molecule has 0 aliphatic rings. The van der Waals surface area contributed by atoms with Gasteiger partial charge in [0.2, 0.25) is 10.0 Å². The van der Waals surface area contributed by atoms with Crippen molar-refractivity contribution in [3.05, 3.63) is 64.7 Å². The fourth-order valence-electron chi connectivity index (χ4n) is 2.39. The molecule has 0 amide bonds. The van der Waals surface area contributed by atoms with E-state index in [4.69, 9.17) is 4.74 Å². The number of ether oxygens (including phenoxy) is 1. The van der Waals surface area contributed by atoms with E-state index in [2.05, 4.69) is 4.72 Å². The molecule has 4 nitrogen and oxygen atoms in total. The number of sulfonamides is 1. The van der Waals surface area contributed by atoms with Crippen molar-refractivity contribution in [1.29, 1.82) is 0 Å². The molecule has 2 aromatic rings. The van der Waals surface area contributed by atoms with E-state index in [0.29, 0.717) is 5.75 Å². The molecule has 0 fully saturated rings. The van der Waals surface area contributed by atoms with Crippen LogP contribution in [0.4, 0.5) is 0 Å². The van der Waals surface area contributed by atoms with Crippen LogP contribution in [0.25, 0.3) is 0 Å². The minimum absolute atomic E-state index is 0.0267. The zero-order valence-corrected chi connectivity index (χ0v) is 13.9. The number of benzene rings is 2. The summed E-state index contributed by atoms with van der Waals surface area (Å²) in [5.74, 6) is 0.682. The van der Waals surface area contributed by atoms with Gasteiger partial charge >= 0.3 is 0 Å². The summed E-state index contributed by atoms with van der Waals surface area (Å²) in [6.45, 7) is 4.17. The second-order valence-corrected chi connectivity index (χ2v) is 7.14. The van der Waals surface area contributed by atoms with Crippen LogP contribution in [0.15, 0.2) is 42.5 Å². The zero-order chi connectivity index (χ0) is 16.2. The molecule has 1 N–H and O–H groups in total. The first-order valence-electron chi connectivity index (χ1n) is 7.06. The molecular weight excluding hydrogens is 298 g/mol. The predicted molar refractivity (Wildman–Crippen MR) is 88.4 cm³/mol. The van der Waals surface area contributed by atoms with Gasteiger partial charge in [-0.05, 0) is 36.6 Å². The van der Waals surface area contributed by atoms with Gasteiger partial charge in [-0.25, -0.2) is 13.1 Å². The van der Waals surface area contributed by atoms with Crippen molar-refractivity contribution < 1.29 is 13.2 Å². The lowest BCUT2D eigenvalue weighted by Crippen LogP contribution is -2.25. The second kappa shape index (κ2) is 6.94. The van der Waals surface area contributed by atoms with Crippen LogP contribution in [0.3, 0.4) is 0 Å². The molecule has 22 heavy (non-hydrogen) atoms. The van der Waals surface area contributed by atoms with Crippen molar-refractivity contribution in [2.24, 2.45) is 0 Å². The lowest BCUT2D eigenvalue weighted by Gasteiger charge is -2.14. The zero-order valence-electron chi connectivity index (χ0n) is 13.1. The number of rotatable bonds is 6. The lowest BCUT2D eigenvalue weighted by molar-refractivity contribution is 0.408. The van der Waals surface area contributed by atoms with Gasteiger partial charge in [-0.15, -0.1) is 0 Å². The normalized spacial score (nSPS) is 11.4. The van der Waals surface area contributed by atoms with E-state index in [1.54, 1.807) is 19.2 Å². The summed E-state index contributed by atoms with van der Waals surface area (Å²) in [4.78, 5) is 0. The Morgan fingerprint density at radius 3 is 2.41 bits per heavy atom. The second-order valence-electron chi connectivity index (χ2n) is 5.33. The smallest absolute Gasteiger partial charge is 0.216 e. The predicted octanol–water partition coefficient (Wildman–Crippen LogP) is 2.93. The van der Waals surface area contributed by atoms with Gasteiger partial charge in [0.05, 0.1) is 12.9 Å². The van der Waals surface area contributed by atoms with Crippen LogP contribution in [0.5, 0.6) is 5.75 Å². The summed E-state index contributed by atoms with van der Waals surface area (Å²) >= 11 is 0. The maximum Gasteiger partial charge on any atom is 0.216 e. The van der Waals surface area contributed by atoms with Crippen molar-refractivity contribution in [2.75, 3.05) is 7.11 Å². The number of hydrogen-bond acceptors (Lipinski definition) is 3. The molecule has 0 saturated heterocycles. The maximum absolute atomic E-state index is 12.2. The van der Waals surface area contributed by atoms with Crippen molar-refractivity contribution in [3.63, 3.8) is 0 Å². The SMILES string of the molecule is COc1cc(C)cc(C)c1CNS(=O)(=O)Cc1ccccc1. The molecule has 0 aliphatic carbocycles. The highest BCUT2D eigenvalue weighted by atomic mass is 32.2. The first kappa shape index (κ1) is 16.5. The van der Waals surface area contributed by atoms with Crippen molar-refractivity contribution in [3.8, 4) is 5.75 Å². The molecule has 0 atom stereocenters. The van der Waals surface area contributed by atoms with Crippen molar-refractivity contribution in [2.45, 2.75) is 26.1 Å². The summed E-state index contributed by atoms with van der Waals surface area (Å²) in [5.41, 5.74) is 3.73. The Labute approximate surface area is 132 Å². The minimum atomic E-state index is -3.39. The van der Waals surface area contributed by atoms with E-state index < -0.39 is 10.0 Å². The highest BCUT2D eigenvalue weighted by Gasteiger charge is 2.14. The van der Waals surface area contributed by atoms with Crippen LogP contribution >= 0.6 is 0 Å². The molecule has 5 heteroatoms.